The summed E-state index contributed by atoms with van der Waals surface area (Å²) in [6, 6.07) is 20.1. The molecule has 3 aliphatic rings. The van der Waals surface area contributed by atoms with Crippen LogP contribution in [0.5, 0.6) is 0 Å². The molecule has 2 saturated heterocycles. The second kappa shape index (κ2) is 16.6. The Kier molecular flexibility index (Phi) is 11.8. The monoisotopic (exact) mass is 797 g/mol. The van der Waals surface area contributed by atoms with Gasteiger partial charge in [0.15, 0.2) is 0 Å². The van der Waals surface area contributed by atoms with Crippen LogP contribution in [0.3, 0.4) is 0 Å². The Hall–Kier alpha value is -4.10. The minimum Gasteiger partial charge on any atom is -0.376 e. The van der Waals surface area contributed by atoms with Crippen molar-refractivity contribution < 1.29 is 32.3 Å². The van der Waals surface area contributed by atoms with Gasteiger partial charge in [0.25, 0.3) is 5.91 Å². The normalized spacial score (nSPS) is 22.4. The number of nitrogens with zero attached hydrogens (tertiary/aromatic N) is 4. The average molecular weight is 799 g/mol. The number of nitrogens with one attached hydrogen (secondary N) is 1. The number of ether oxygens (including phenoxy) is 1. The number of likely N-dealkylation sites (tertiary alicyclic amines) is 1. The van der Waals surface area contributed by atoms with Crippen LogP contribution in [-0.4, -0.2) is 94.1 Å². The molecule has 1 aliphatic carbocycles. The van der Waals surface area contributed by atoms with Gasteiger partial charge in [0.05, 0.1) is 53.9 Å². The number of rotatable bonds is 10. The Labute approximate surface area is 328 Å². The lowest BCUT2D eigenvalue weighted by molar-refractivity contribution is -0.188. The van der Waals surface area contributed by atoms with E-state index < -0.39 is 12.1 Å². The van der Waals surface area contributed by atoms with Crippen LogP contribution in [-0.2, 0) is 34.3 Å². The van der Waals surface area contributed by atoms with E-state index in [-0.39, 0.29) is 78.4 Å². The van der Waals surface area contributed by atoms with Gasteiger partial charge in [-0.2, -0.15) is 13.2 Å². The summed E-state index contributed by atoms with van der Waals surface area (Å²) in [7, 11) is 1.86. The highest BCUT2D eigenvalue weighted by atomic mass is 35.5. The highest BCUT2D eigenvalue weighted by Gasteiger charge is 2.43. The van der Waals surface area contributed by atoms with Gasteiger partial charge in [-0.3, -0.25) is 19.3 Å². The third-order valence-electron chi connectivity index (χ3n) is 11.3. The lowest BCUT2D eigenvalue weighted by Crippen LogP contribution is -2.53. The summed E-state index contributed by atoms with van der Waals surface area (Å²) in [5.74, 6) is -1.86. The van der Waals surface area contributed by atoms with Crippen LogP contribution >= 0.6 is 23.2 Å². The Morgan fingerprint density at radius 1 is 0.945 bits per heavy atom. The molecule has 1 aromatic heterocycles. The van der Waals surface area contributed by atoms with Gasteiger partial charge in [-0.15, -0.1) is 0 Å². The smallest absolute Gasteiger partial charge is 0.376 e. The number of piperazine rings is 1. The molecule has 3 amide bonds. The van der Waals surface area contributed by atoms with Crippen LogP contribution in [0.2, 0.25) is 10.0 Å². The second-order valence-electron chi connectivity index (χ2n) is 14.9. The third-order valence-corrected chi connectivity index (χ3v) is 12.0. The minimum absolute atomic E-state index is 0.0168. The molecule has 3 fully saturated rings. The molecule has 1 saturated carbocycles. The molecule has 292 valence electrons. The zero-order chi connectivity index (χ0) is 38.9. The standard InChI is InChI=1S/C41H44Cl2F3N5O4/c1-48-23-33(32-9-5-6-10-37(32)48)40(54)47-36-20-34(42)27(17-35(36)43)18-38(52)51-22-29(19-30(51)25-55-31-13-11-28(12-14-31)41(44,45)46)49-15-16-50(39(53)24-49)21-26-7-3-2-4-8-26/h2-10,17,20,23,28-31H,11-16,18-19,21-22,24-25H2,1H3,(H,47,54)/t28?,29?,30-,31?/m0/s1. The Balaban J connectivity index is 1.03. The van der Waals surface area contributed by atoms with E-state index in [1.54, 1.807) is 23.2 Å². The van der Waals surface area contributed by atoms with Gasteiger partial charge in [-0.05, 0) is 61.4 Å². The topological polar surface area (TPSA) is 87.1 Å². The Morgan fingerprint density at radius 2 is 1.67 bits per heavy atom. The molecule has 0 radical (unpaired) electrons. The highest BCUT2D eigenvalue weighted by Crippen LogP contribution is 2.39. The molecule has 1 N–H and O–H groups in total. The third kappa shape index (κ3) is 8.98. The summed E-state index contributed by atoms with van der Waals surface area (Å²) in [5, 5.41) is 4.13. The molecule has 0 spiro atoms. The molecule has 7 rings (SSSR count). The number of aromatic nitrogens is 1. The molecule has 55 heavy (non-hydrogen) atoms. The first-order chi connectivity index (χ1) is 26.3. The van der Waals surface area contributed by atoms with E-state index in [0.29, 0.717) is 62.3 Å². The zero-order valence-electron chi connectivity index (χ0n) is 30.5. The number of hydrogen-bond acceptors (Lipinski definition) is 5. The Bertz CT molecular complexity index is 2040. The van der Waals surface area contributed by atoms with Gasteiger partial charge in [-0.25, -0.2) is 0 Å². The molecule has 2 atom stereocenters. The number of anilines is 1. The molecule has 2 aliphatic heterocycles. The number of carbonyl (C=O) groups is 3. The van der Waals surface area contributed by atoms with Crippen LogP contribution in [0.1, 0.15) is 53.6 Å². The maximum Gasteiger partial charge on any atom is 0.391 e. The first-order valence-electron chi connectivity index (χ1n) is 18.7. The molecular formula is C41H44Cl2F3N5O4. The predicted molar refractivity (Wildman–Crippen MR) is 206 cm³/mol. The average Bonchev–Trinajstić information content (AvgIpc) is 3.75. The van der Waals surface area contributed by atoms with E-state index in [2.05, 4.69) is 10.2 Å². The second-order valence-corrected chi connectivity index (χ2v) is 15.7. The maximum atomic E-state index is 14.1. The molecule has 3 aromatic carbocycles. The largest absolute Gasteiger partial charge is 0.391 e. The quantitative estimate of drug-likeness (QED) is 0.178. The summed E-state index contributed by atoms with van der Waals surface area (Å²) in [6.45, 7) is 2.50. The summed E-state index contributed by atoms with van der Waals surface area (Å²) >= 11 is 13.4. The molecule has 3 heterocycles. The summed E-state index contributed by atoms with van der Waals surface area (Å²) in [6.07, 6.45) is -1.62. The van der Waals surface area contributed by atoms with Gasteiger partial charge in [0, 0.05) is 61.4 Å². The predicted octanol–water partition coefficient (Wildman–Crippen LogP) is 7.73. The first-order valence-corrected chi connectivity index (χ1v) is 19.5. The molecule has 1 unspecified atom stereocenters. The van der Waals surface area contributed by atoms with Crippen molar-refractivity contribution >= 4 is 57.5 Å². The number of benzene rings is 3. The highest BCUT2D eigenvalue weighted by molar-refractivity contribution is 6.36. The zero-order valence-corrected chi connectivity index (χ0v) is 32.0. The van der Waals surface area contributed by atoms with Crippen molar-refractivity contribution in [2.75, 3.05) is 38.1 Å². The lowest BCUT2D eigenvalue weighted by Gasteiger charge is -2.37. The number of alkyl halides is 3. The minimum atomic E-state index is -4.21. The van der Waals surface area contributed by atoms with Gasteiger partial charge in [0.1, 0.15) is 0 Å². The molecule has 9 nitrogen and oxygen atoms in total. The molecule has 0 bridgehead atoms. The van der Waals surface area contributed by atoms with Crippen LogP contribution in [0.4, 0.5) is 18.9 Å². The van der Waals surface area contributed by atoms with E-state index >= 15 is 0 Å². The maximum absolute atomic E-state index is 14.1. The van der Waals surface area contributed by atoms with E-state index in [1.807, 2.05) is 71.1 Å². The number of fused-ring (bicyclic) bond motifs is 1. The van der Waals surface area contributed by atoms with Crippen molar-refractivity contribution in [1.29, 1.82) is 0 Å². The fourth-order valence-corrected chi connectivity index (χ4v) is 8.69. The fraction of sp³-hybridized carbons (Fsp3) is 0.439. The van der Waals surface area contributed by atoms with Crippen molar-refractivity contribution in [1.82, 2.24) is 19.3 Å². The van der Waals surface area contributed by atoms with E-state index in [0.717, 1.165) is 16.5 Å². The van der Waals surface area contributed by atoms with Gasteiger partial charge in [0.2, 0.25) is 11.8 Å². The molecule has 14 heteroatoms. The first kappa shape index (κ1) is 39.1. The van der Waals surface area contributed by atoms with Crippen LogP contribution < -0.4 is 5.32 Å². The number of para-hydroxylation sites is 1. The van der Waals surface area contributed by atoms with Crippen LogP contribution in [0.15, 0.2) is 72.9 Å². The molecular weight excluding hydrogens is 754 g/mol. The van der Waals surface area contributed by atoms with E-state index in [1.165, 1.54) is 0 Å². The number of amides is 3. The lowest BCUT2D eigenvalue weighted by atomic mass is 9.87. The summed E-state index contributed by atoms with van der Waals surface area (Å²) < 4.78 is 48.0. The fourth-order valence-electron chi connectivity index (χ4n) is 8.23. The molecule has 4 aromatic rings. The van der Waals surface area contributed by atoms with Crippen molar-refractivity contribution in [3.8, 4) is 0 Å². The van der Waals surface area contributed by atoms with Crippen LogP contribution in [0, 0.1) is 5.92 Å². The van der Waals surface area contributed by atoms with Gasteiger partial charge < -0.3 is 24.4 Å². The van der Waals surface area contributed by atoms with Crippen molar-refractivity contribution in [2.45, 2.75) is 69.4 Å². The van der Waals surface area contributed by atoms with Gasteiger partial charge >= 0.3 is 6.18 Å². The van der Waals surface area contributed by atoms with Crippen molar-refractivity contribution in [3.63, 3.8) is 0 Å². The number of hydrogen-bond donors (Lipinski definition) is 1. The Morgan fingerprint density at radius 3 is 2.40 bits per heavy atom. The van der Waals surface area contributed by atoms with Crippen LogP contribution in [0.25, 0.3) is 10.9 Å². The summed E-state index contributed by atoms with van der Waals surface area (Å²) in [4.78, 5) is 46.4. The van der Waals surface area contributed by atoms with E-state index in [4.69, 9.17) is 27.9 Å². The van der Waals surface area contributed by atoms with E-state index in [9.17, 15) is 27.6 Å². The number of carbonyl (C=O) groups excluding carboxylic acids is 3. The van der Waals surface area contributed by atoms with Gasteiger partial charge in [-0.1, -0.05) is 71.7 Å². The number of halogens is 5. The van der Waals surface area contributed by atoms with Crippen molar-refractivity contribution in [3.05, 3.63) is 99.7 Å². The summed E-state index contributed by atoms with van der Waals surface area (Å²) in [5.41, 5.74) is 3.24. The van der Waals surface area contributed by atoms with Crippen molar-refractivity contribution in [2.24, 2.45) is 13.0 Å². The number of aryl methyl sites for hydroxylation is 1. The SMILES string of the molecule is Cn1cc(C(=O)Nc2cc(Cl)c(CC(=O)N3CC(N4CCN(Cc5ccccc5)C(=O)C4)C[C@H]3COC3CCC(C(F)(F)F)CC3)cc2Cl)c2ccccc21.